The largest absolute Gasteiger partial charge is 0.481 e. The smallest absolute Gasteiger partial charge is 0.327 e. The van der Waals surface area contributed by atoms with Gasteiger partial charge >= 0.3 is 12.0 Å². The van der Waals surface area contributed by atoms with E-state index in [1.54, 1.807) is 25.1 Å². The highest BCUT2D eigenvalue weighted by Crippen LogP contribution is 2.38. The van der Waals surface area contributed by atoms with Gasteiger partial charge in [0.05, 0.1) is 14.2 Å². The van der Waals surface area contributed by atoms with Crippen molar-refractivity contribution in [3.05, 3.63) is 6.07 Å². The Bertz CT molecular complexity index is 708. The Morgan fingerprint density at radius 1 is 1.15 bits per heavy atom. The van der Waals surface area contributed by atoms with Crippen LogP contribution in [0.1, 0.15) is 26.7 Å². The Labute approximate surface area is 159 Å². The predicted molar refractivity (Wildman–Crippen MR) is 99.0 cm³/mol. The highest BCUT2D eigenvalue weighted by Gasteiger charge is 2.56. The molecule has 0 radical (unpaired) electrons. The van der Waals surface area contributed by atoms with Gasteiger partial charge in [0.25, 0.3) is 5.91 Å². The summed E-state index contributed by atoms with van der Waals surface area (Å²) in [6.45, 7) is 5.89. The molecule has 0 atom stereocenters. The number of ether oxygens (including phenoxy) is 2. The van der Waals surface area contributed by atoms with Crippen LogP contribution in [0.3, 0.4) is 0 Å². The maximum absolute atomic E-state index is 12.9. The van der Waals surface area contributed by atoms with Crippen molar-refractivity contribution in [1.82, 2.24) is 19.8 Å². The molecule has 0 aromatic carbocycles. The fourth-order valence-corrected chi connectivity index (χ4v) is 3.84. The number of aromatic nitrogens is 2. The van der Waals surface area contributed by atoms with E-state index in [2.05, 4.69) is 28.7 Å². The van der Waals surface area contributed by atoms with Crippen molar-refractivity contribution >= 4 is 17.8 Å². The molecule has 3 amide bonds. The lowest BCUT2D eigenvalue weighted by Crippen LogP contribution is -2.57. The second kappa shape index (κ2) is 7.21. The van der Waals surface area contributed by atoms with Crippen molar-refractivity contribution in [3.63, 3.8) is 0 Å². The zero-order chi connectivity index (χ0) is 19.8. The number of rotatable bonds is 5. The Hall–Kier alpha value is -2.58. The van der Waals surface area contributed by atoms with Crippen LogP contribution < -0.4 is 14.4 Å². The Morgan fingerprint density at radius 2 is 1.81 bits per heavy atom. The quantitative estimate of drug-likeness (QED) is 0.716. The molecule has 148 valence electrons. The van der Waals surface area contributed by atoms with Crippen LogP contribution in [0.25, 0.3) is 0 Å². The zero-order valence-corrected chi connectivity index (χ0v) is 16.6. The van der Waals surface area contributed by atoms with E-state index in [1.807, 2.05) is 0 Å². The number of carbonyl (C=O) groups excluding carboxylic acids is 2. The van der Waals surface area contributed by atoms with Gasteiger partial charge in [0.2, 0.25) is 5.88 Å². The molecule has 2 saturated heterocycles. The minimum atomic E-state index is -0.756. The zero-order valence-electron chi connectivity index (χ0n) is 16.6. The summed E-state index contributed by atoms with van der Waals surface area (Å²) < 4.78 is 10.4. The highest BCUT2D eigenvalue weighted by molar-refractivity contribution is 6.06. The Balaban J connectivity index is 1.83. The van der Waals surface area contributed by atoms with Crippen LogP contribution in [0.5, 0.6) is 11.9 Å². The lowest BCUT2D eigenvalue weighted by molar-refractivity contribution is -0.133. The molecule has 1 aromatic rings. The molecule has 27 heavy (non-hydrogen) atoms. The number of carbonyl (C=O) groups is 2. The standard InChI is InChI=1S/C18H27N5O4/c1-12(2)11-23-17(25)21(3)15(24)18(23)6-8-22(9-7-18)13-10-14(26-4)20-16(19-13)27-5/h10,12H,6-9,11H2,1-5H3. The van der Waals surface area contributed by atoms with Gasteiger partial charge in [-0.05, 0) is 18.8 Å². The summed E-state index contributed by atoms with van der Waals surface area (Å²) in [6, 6.07) is 1.78. The van der Waals surface area contributed by atoms with Crippen molar-refractivity contribution in [3.8, 4) is 11.9 Å². The van der Waals surface area contributed by atoms with Crippen LogP contribution in [0, 0.1) is 5.92 Å². The number of hydrogen-bond donors (Lipinski definition) is 0. The first-order valence-electron chi connectivity index (χ1n) is 9.14. The summed E-state index contributed by atoms with van der Waals surface area (Å²) in [5, 5.41) is 0. The van der Waals surface area contributed by atoms with Gasteiger partial charge in [-0.3, -0.25) is 9.69 Å². The molecule has 2 aliphatic heterocycles. The van der Waals surface area contributed by atoms with Crippen molar-refractivity contribution in [1.29, 1.82) is 0 Å². The molecule has 0 bridgehead atoms. The molecule has 9 heteroatoms. The SMILES string of the molecule is COc1cc(N2CCC3(CC2)C(=O)N(C)C(=O)N3CC(C)C)nc(OC)n1. The first-order valence-corrected chi connectivity index (χ1v) is 9.14. The lowest BCUT2D eigenvalue weighted by atomic mass is 9.85. The van der Waals surface area contributed by atoms with Gasteiger partial charge in [0, 0.05) is 32.7 Å². The van der Waals surface area contributed by atoms with Crippen LogP contribution in [0.2, 0.25) is 0 Å². The number of likely N-dealkylation sites (N-methyl/N-ethyl adjacent to an activating group) is 1. The van der Waals surface area contributed by atoms with E-state index in [1.165, 1.54) is 12.0 Å². The van der Waals surface area contributed by atoms with E-state index in [0.717, 1.165) is 0 Å². The topological polar surface area (TPSA) is 88.1 Å². The number of amides is 3. The van der Waals surface area contributed by atoms with E-state index in [0.29, 0.717) is 50.1 Å². The Morgan fingerprint density at radius 3 is 2.37 bits per heavy atom. The molecule has 0 unspecified atom stereocenters. The maximum Gasteiger partial charge on any atom is 0.327 e. The third-order valence-corrected chi connectivity index (χ3v) is 5.26. The second-order valence-corrected chi connectivity index (χ2v) is 7.43. The molecule has 3 rings (SSSR count). The average molecular weight is 377 g/mol. The fourth-order valence-electron chi connectivity index (χ4n) is 3.84. The summed E-state index contributed by atoms with van der Waals surface area (Å²) in [6.07, 6.45) is 1.12. The minimum Gasteiger partial charge on any atom is -0.481 e. The molecule has 0 aliphatic carbocycles. The molecule has 0 saturated carbocycles. The molecule has 2 fully saturated rings. The van der Waals surface area contributed by atoms with Crippen LogP contribution >= 0.6 is 0 Å². The third kappa shape index (κ3) is 3.26. The van der Waals surface area contributed by atoms with Crippen molar-refractivity contribution in [2.24, 2.45) is 5.92 Å². The molecule has 9 nitrogen and oxygen atoms in total. The minimum absolute atomic E-state index is 0.106. The van der Waals surface area contributed by atoms with Gasteiger partial charge < -0.3 is 19.3 Å². The van der Waals surface area contributed by atoms with Gasteiger partial charge in [-0.15, -0.1) is 0 Å². The van der Waals surface area contributed by atoms with Crippen LogP contribution in [0.15, 0.2) is 6.07 Å². The van der Waals surface area contributed by atoms with Crippen molar-refractivity contribution in [2.75, 3.05) is 45.8 Å². The normalized spacial score (nSPS) is 19.4. The van der Waals surface area contributed by atoms with Crippen LogP contribution in [-0.2, 0) is 4.79 Å². The monoisotopic (exact) mass is 377 g/mol. The molecule has 1 spiro atoms. The third-order valence-electron chi connectivity index (χ3n) is 5.26. The number of urea groups is 1. The fraction of sp³-hybridized carbons (Fsp3) is 0.667. The highest BCUT2D eigenvalue weighted by atomic mass is 16.5. The van der Waals surface area contributed by atoms with Gasteiger partial charge in [-0.2, -0.15) is 9.97 Å². The van der Waals surface area contributed by atoms with E-state index in [4.69, 9.17) is 9.47 Å². The van der Waals surface area contributed by atoms with E-state index in [9.17, 15) is 9.59 Å². The van der Waals surface area contributed by atoms with Gasteiger partial charge in [0.1, 0.15) is 11.4 Å². The number of methoxy groups -OCH3 is 2. The molecule has 1 aromatic heterocycles. The number of hydrogen-bond acceptors (Lipinski definition) is 7. The van der Waals surface area contributed by atoms with E-state index >= 15 is 0 Å². The van der Waals surface area contributed by atoms with Crippen molar-refractivity contribution in [2.45, 2.75) is 32.2 Å². The molecule has 0 N–H and O–H groups in total. The van der Waals surface area contributed by atoms with E-state index in [-0.39, 0.29) is 17.9 Å². The average Bonchev–Trinajstić information content (AvgIpc) is 2.84. The first-order chi connectivity index (χ1) is 12.8. The maximum atomic E-state index is 12.9. The van der Waals surface area contributed by atoms with Crippen molar-refractivity contribution < 1.29 is 19.1 Å². The first kappa shape index (κ1) is 19.2. The number of piperidine rings is 1. The predicted octanol–water partition coefficient (Wildman–Crippen LogP) is 1.38. The van der Waals surface area contributed by atoms with Gasteiger partial charge in [-0.1, -0.05) is 13.8 Å². The molecule has 2 aliphatic rings. The molecule has 3 heterocycles. The number of imide groups is 1. The molecular formula is C18H27N5O4. The summed E-state index contributed by atoms with van der Waals surface area (Å²) in [4.78, 5) is 39.1. The van der Waals surface area contributed by atoms with Gasteiger partial charge in [0.15, 0.2) is 0 Å². The second-order valence-electron chi connectivity index (χ2n) is 7.43. The lowest BCUT2D eigenvalue weighted by Gasteiger charge is -2.43. The summed E-state index contributed by atoms with van der Waals surface area (Å²) >= 11 is 0. The summed E-state index contributed by atoms with van der Waals surface area (Å²) in [5.41, 5.74) is -0.756. The van der Waals surface area contributed by atoms with Crippen LogP contribution in [-0.4, -0.2) is 78.1 Å². The number of anilines is 1. The van der Waals surface area contributed by atoms with Crippen LogP contribution in [0.4, 0.5) is 10.6 Å². The Kier molecular flexibility index (Phi) is 5.12. The van der Waals surface area contributed by atoms with Gasteiger partial charge in [-0.25, -0.2) is 4.79 Å². The van der Waals surface area contributed by atoms with E-state index < -0.39 is 5.54 Å². The summed E-state index contributed by atoms with van der Waals surface area (Å²) in [7, 11) is 4.62. The molecular weight excluding hydrogens is 350 g/mol. The summed E-state index contributed by atoms with van der Waals surface area (Å²) in [5.74, 6) is 1.30. The number of nitrogens with zero attached hydrogens (tertiary/aromatic N) is 5.